The zero-order valence-corrected chi connectivity index (χ0v) is 15.6. The van der Waals surface area contributed by atoms with Gasteiger partial charge in [0, 0.05) is 14.1 Å². The number of aliphatic hydroxyl groups excluding tert-OH is 1. The summed E-state index contributed by atoms with van der Waals surface area (Å²) in [5.41, 5.74) is 5.65. The normalized spacial score (nSPS) is 17.4. The van der Waals surface area contributed by atoms with Crippen LogP contribution in [0.2, 0.25) is 0 Å². The van der Waals surface area contributed by atoms with Crippen molar-refractivity contribution in [3.8, 4) is 5.75 Å². The van der Waals surface area contributed by atoms with Gasteiger partial charge in [-0.05, 0) is 18.1 Å². The number of hydrogen-bond acceptors (Lipinski definition) is 7. The van der Waals surface area contributed by atoms with Gasteiger partial charge in [0.15, 0.2) is 11.9 Å². The number of rotatable bonds is 7. The Kier molecular flexibility index (Phi) is 5.75. The average molecular weight is 376 g/mol. The van der Waals surface area contributed by atoms with Gasteiger partial charge in [-0.2, -0.15) is 0 Å². The van der Waals surface area contributed by atoms with Crippen molar-refractivity contribution in [2.75, 3.05) is 19.4 Å². The van der Waals surface area contributed by atoms with E-state index in [1.54, 1.807) is 34.0 Å². The first-order chi connectivity index (χ1) is 12.6. The van der Waals surface area contributed by atoms with Crippen LogP contribution in [-0.4, -0.2) is 59.0 Å². The van der Waals surface area contributed by atoms with Crippen LogP contribution in [0.25, 0.3) is 0 Å². The average Bonchev–Trinajstić information content (AvgIpc) is 2.60. The number of nitrogens with one attached hydrogen (secondary N) is 2. The van der Waals surface area contributed by atoms with E-state index >= 15 is 0 Å². The first kappa shape index (κ1) is 20.2. The minimum Gasteiger partial charge on any atom is -0.505 e. The highest BCUT2D eigenvalue weighted by Gasteiger charge is 2.40. The van der Waals surface area contributed by atoms with Crippen molar-refractivity contribution < 1.29 is 24.6 Å². The number of hydrogen-bond donors (Lipinski definition) is 5. The smallest absolute Gasteiger partial charge is 0.257 e. The highest BCUT2D eigenvalue weighted by atomic mass is 16.3. The van der Waals surface area contributed by atoms with E-state index in [-0.39, 0.29) is 34.3 Å². The van der Waals surface area contributed by atoms with Crippen molar-refractivity contribution >= 4 is 23.3 Å². The number of primary amides is 1. The standard InChI is InChI=1S/C18H24N4O5/c1-8(2)11(17(19)26)21-13-12(15(24)16(13)25)20-10-7-5-6-9(14(10)23)18(27)22(3)4/h5-8,11,16,20-21,23,25H,1-4H3,(H2,19,26). The number of aromatic hydroxyl groups is 1. The fourth-order valence-corrected chi connectivity index (χ4v) is 2.67. The third-order valence-corrected chi connectivity index (χ3v) is 4.25. The minimum absolute atomic E-state index is 0.000785. The van der Waals surface area contributed by atoms with Crippen molar-refractivity contribution in [1.82, 2.24) is 10.2 Å². The van der Waals surface area contributed by atoms with Crippen LogP contribution >= 0.6 is 0 Å². The van der Waals surface area contributed by atoms with Crippen LogP contribution in [-0.2, 0) is 9.59 Å². The molecule has 6 N–H and O–H groups in total. The lowest BCUT2D eigenvalue weighted by Gasteiger charge is -2.33. The van der Waals surface area contributed by atoms with Gasteiger partial charge < -0.3 is 31.5 Å². The predicted molar refractivity (Wildman–Crippen MR) is 98.7 cm³/mol. The first-order valence-corrected chi connectivity index (χ1v) is 8.39. The molecule has 0 aliphatic heterocycles. The third-order valence-electron chi connectivity index (χ3n) is 4.25. The van der Waals surface area contributed by atoms with Crippen molar-refractivity contribution in [2.24, 2.45) is 11.7 Å². The molecule has 2 atom stereocenters. The lowest BCUT2D eigenvalue weighted by Crippen LogP contribution is -2.53. The van der Waals surface area contributed by atoms with Gasteiger partial charge in [-0.15, -0.1) is 0 Å². The van der Waals surface area contributed by atoms with Gasteiger partial charge in [-0.25, -0.2) is 0 Å². The lowest BCUT2D eigenvalue weighted by atomic mass is 9.92. The Bertz CT molecular complexity index is 816. The Morgan fingerprint density at radius 3 is 2.41 bits per heavy atom. The number of nitrogens with two attached hydrogens (primary N) is 1. The number of anilines is 1. The number of amides is 2. The van der Waals surface area contributed by atoms with Crippen LogP contribution in [0.15, 0.2) is 29.6 Å². The third kappa shape index (κ3) is 3.87. The van der Waals surface area contributed by atoms with Gasteiger partial charge in [0.1, 0.15) is 11.7 Å². The zero-order valence-electron chi connectivity index (χ0n) is 15.6. The fraction of sp³-hybridized carbons (Fsp3) is 0.389. The van der Waals surface area contributed by atoms with Crippen LogP contribution in [0.5, 0.6) is 5.75 Å². The molecule has 0 saturated carbocycles. The van der Waals surface area contributed by atoms with Crippen molar-refractivity contribution in [3.05, 3.63) is 35.2 Å². The van der Waals surface area contributed by atoms with Crippen LogP contribution < -0.4 is 16.4 Å². The number of para-hydroxylation sites is 1. The van der Waals surface area contributed by atoms with E-state index in [0.717, 1.165) is 0 Å². The van der Waals surface area contributed by atoms with Gasteiger partial charge in [0.05, 0.1) is 16.9 Å². The number of phenols is 1. The van der Waals surface area contributed by atoms with Crippen molar-refractivity contribution in [3.63, 3.8) is 0 Å². The monoisotopic (exact) mass is 376 g/mol. The Hall–Kier alpha value is -3.07. The highest BCUT2D eigenvalue weighted by Crippen LogP contribution is 2.33. The molecule has 2 unspecified atom stereocenters. The summed E-state index contributed by atoms with van der Waals surface area (Å²) in [6.45, 7) is 3.54. The summed E-state index contributed by atoms with van der Waals surface area (Å²) in [6, 6.07) is 3.70. The SMILES string of the molecule is CC(C)C(NC1=C(Nc2cccc(C(=O)N(C)C)c2O)C(=O)C1O)C(N)=O. The second-order valence-electron chi connectivity index (χ2n) is 6.85. The van der Waals surface area contributed by atoms with Crippen LogP contribution in [0.4, 0.5) is 5.69 Å². The molecule has 1 aliphatic rings. The molecule has 0 bridgehead atoms. The van der Waals surface area contributed by atoms with Gasteiger partial charge in [0.2, 0.25) is 11.7 Å². The van der Waals surface area contributed by atoms with Crippen LogP contribution in [0.1, 0.15) is 24.2 Å². The Morgan fingerprint density at radius 2 is 1.89 bits per heavy atom. The molecule has 0 spiro atoms. The number of benzene rings is 1. The van der Waals surface area contributed by atoms with E-state index in [2.05, 4.69) is 10.6 Å². The molecule has 1 aliphatic carbocycles. The lowest BCUT2D eigenvalue weighted by molar-refractivity contribution is -0.126. The maximum Gasteiger partial charge on any atom is 0.257 e. The Balaban J connectivity index is 2.36. The molecule has 0 heterocycles. The summed E-state index contributed by atoms with van der Waals surface area (Å²) in [5.74, 6) is -2.13. The van der Waals surface area contributed by atoms with Gasteiger partial charge in [-0.1, -0.05) is 19.9 Å². The summed E-state index contributed by atoms with van der Waals surface area (Å²) in [6.07, 6.45) is -1.41. The van der Waals surface area contributed by atoms with E-state index in [4.69, 9.17) is 5.73 Å². The van der Waals surface area contributed by atoms with Crippen molar-refractivity contribution in [1.29, 1.82) is 0 Å². The summed E-state index contributed by atoms with van der Waals surface area (Å²) in [5, 5.41) is 25.8. The molecule has 1 aromatic carbocycles. The maximum atomic E-state index is 12.1. The number of Topliss-reactive ketones (excluding diaryl/α,β-unsaturated/α-hetero) is 1. The molecule has 27 heavy (non-hydrogen) atoms. The predicted octanol–water partition coefficient (Wildman–Crippen LogP) is -0.239. The Morgan fingerprint density at radius 1 is 1.26 bits per heavy atom. The maximum absolute atomic E-state index is 12.1. The van der Waals surface area contributed by atoms with Crippen LogP contribution in [0, 0.1) is 5.92 Å². The molecule has 0 aromatic heterocycles. The van der Waals surface area contributed by atoms with Crippen LogP contribution in [0.3, 0.4) is 0 Å². The molecular formula is C18H24N4O5. The molecule has 1 aromatic rings. The van der Waals surface area contributed by atoms with Gasteiger partial charge in [0.25, 0.3) is 5.91 Å². The van der Waals surface area contributed by atoms with E-state index in [1.807, 2.05) is 0 Å². The quantitative estimate of drug-likeness (QED) is 0.413. The number of carbonyl (C=O) groups is 3. The number of ketones is 1. The summed E-state index contributed by atoms with van der Waals surface area (Å²) >= 11 is 0. The summed E-state index contributed by atoms with van der Waals surface area (Å²) < 4.78 is 0. The van der Waals surface area contributed by atoms with E-state index < -0.39 is 29.7 Å². The fourth-order valence-electron chi connectivity index (χ4n) is 2.67. The van der Waals surface area contributed by atoms with E-state index in [9.17, 15) is 24.6 Å². The molecular weight excluding hydrogens is 352 g/mol. The Labute approximate surface area is 156 Å². The minimum atomic E-state index is -1.41. The van der Waals surface area contributed by atoms with E-state index in [1.165, 1.54) is 17.0 Å². The molecule has 2 amide bonds. The topological polar surface area (TPSA) is 145 Å². The number of aliphatic hydroxyl groups is 1. The molecule has 9 nitrogen and oxygen atoms in total. The molecule has 0 fully saturated rings. The second kappa shape index (κ2) is 7.67. The molecule has 0 saturated heterocycles. The molecule has 0 radical (unpaired) electrons. The largest absolute Gasteiger partial charge is 0.505 e. The van der Waals surface area contributed by atoms with Crippen molar-refractivity contribution in [2.45, 2.75) is 26.0 Å². The zero-order chi connectivity index (χ0) is 20.5. The number of phenolic OH excluding ortho intramolecular Hbond substituents is 1. The van der Waals surface area contributed by atoms with E-state index in [0.29, 0.717) is 0 Å². The molecule has 2 rings (SSSR count). The molecule has 146 valence electrons. The number of carbonyl (C=O) groups excluding carboxylic acids is 3. The van der Waals surface area contributed by atoms with Gasteiger partial charge >= 0.3 is 0 Å². The first-order valence-electron chi connectivity index (χ1n) is 8.39. The van der Waals surface area contributed by atoms with Gasteiger partial charge in [-0.3, -0.25) is 14.4 Å². The molecule has 9 heteroatoms. The summed E-state index contributed by atoms with van der Waals surface area (Å²) in [7, 11) is 3.10. The highest BCUT2D eigenvalue weighted by molar-refractivity contribution is 6.11. The second-order valence-corrected chi connectivity index (χ2v) is 6.85. The number of nitrogens with zero attached hydrogens (tertiary/aromatic N) is 1. The summed E-state index contributed by atoms with van der Waals surface area (Å²) in [4.78, 5) is 37.1.